The molecule has 3 aromatic carbocycles. The van der Waals surface area contributed by atoms with E-state index in [4.69, 9.17) is 16.3 Å². The van der Waals surface area contributed by atoms with Crippen LogP contribution in [-0.4, -0.2) is 18.4 Å². The second-order valence-corrected chi connectivity index (χ2v) is 9.13. The van der Waals surface area contributed by atoms with Gasteiger partial charge in [0.25, 0.3) is 0 Å². The molecule has 3 aromatic rings. The lowest BCUT2D eigenvalue weighted by atomic mass is 9.78. The highest BCUT2D eigenvalue weighted by Crippen LogP contribution is 2.34. The number of halogens is 1. The van der Waals surface area contributed by atoms with Gasteiger partial charge >= 0.3 is 5.97 Å². The van der Waals surface area contributed by atoms with Gasteiger partial charge in [-0.15, -0.1) is 0 Å². The van der Waals surface area contributed by atoms with E-state index in [0.717, 1.165) is 16.8 Å². The number of benzene rings is 3. The van der Waals surface area contributed by atoms with E-state index >= 15 is 0 Å². The van der Waals surface area contributed by atoms with Gasteiger partial charge in [-0.3, -0.25) is 9.59 Å². The van der Waals surface area contributed by atoms with Crippen molar-refractivity contribution in [1.29, 1.82) is 0 Å². The number of anilines is 1. The van der Waals surface area contributed by atoms with Crippen LogP contribution in [0.5, 0.6) is 5.75 Å². The molecule has 32 heavy (non-hydrogen) atoms. The van der Waals surface area contributed by atoms with Crippen molar-refractivity contribution in [2.24, 2.45) is 5.92 Å². The second kappa shape index (κ2) is 8.79. The number of amides is 1. The largest absolute Gasteiger partial charge is 0.426 e. The Labute approximate surface area is 193 Å². The van der Waals surface area contributed by atoms with E-state index in [-0.39, 0.29) is 24.3 Å². The Hall–Kier alpha value is -3.11. The van der Waals surface area contributed by atoms with Crippen LogP contribution in [-0.2, 0) is 15.0 Å². The van der Waals surface area contributed by atoms with Gasteiger partial charge < -0.3 is 9.64 Å². The highest BCUT2D eigenvalue weighted by Gasteiger charge is 2.37. The third kappa shape index (κ3) is 4.28. The summed E-state index contributed by atoms with van der Waals surface area (Å²) in [6, 6.07) is 23.3. The molecule has 0 saturated carbocycles. The van der Waals surface area contributed by atoms with Gasteiger partial charge in [0.2, 0.25) is 5.91 Å². The molecule has 1 atom stereocenters. The molecule has 4 nitrogen and oxygen atoms in total. The molecule has 1 heterocycles. The fourth-order valence-electron chi connectivity index (χ4n) is 4.15. The van der Waals surface area contributed by atoms with Crippen LogP contribution in [0.1, 0.15) is 37.0 Å². The van der Waals surface area contributed by atoms with Crippen LogP contribution in [0.15, 0.2) is 72.8 Å². The van der Waals surface area contributed by atoms with Crippen molar-refractivity contribution in [2.45, 2.75) is 32.6 Å². The first-order valence-corrected chi connectivity index (χ1v) is 11.1. The molecule has 5 heteroatoms. The van der Waals surface area contributed by atoms with Crippen LogP contribution in [0, 0.1) is 12.8 Å². The van der Waals surface area contributed by atoms with Crippen LogP contribution in [0.3, 0.4) is 0 Å². The van der Waals surface area contributed by atoms with Gasteiger partial charge in [-0.25, -0.2) is 0 Å². The molecular weight excluding hydrogens is 422 g/mol. The molecule has 164 valence electrons. The van der Waals surface area contributed by atoms with Crippen molar-refractivity contribution in [1.82, 2.24) is 0 Å². The molecular formula is C27H26ClNO3. The smallest absolute Gasteiger partial charge is 0.316 e. The lowest BCUT2D eigenvalue weighted by Crippen LogP contribution is -2.27. The highest BCUT2D eigenvalue weighted by molar-refractivity contribution is 6.31. The molecule has 0 aliphatic carbocycles. The Bertz CT molecular complexity index is 1140. The fraction of sp³-hybridized carbons (Fsp3) is 0.259. The van der Waals surface area contributed by atoms with E-state index in [2.05, 4.69) is 26.0 Å². The predicted octanol–water partition coefficient (Wildman–Crippen LogP) is 5.93. The first kappa shape index (κ1) is 22.1. The molecule has 0 aromatic heterocycles. The first-order valence-electron chi connectivity index (χ1n) is 10.7. The van der Waals surface area contributed by atoms with Gasteiger partial charge in [0.15, 0.2) is 0 Å². The molecule has 0 radical (unpaired) electrons. The number of ether oxygens (including phenoxy) is 1. The first-order chi connectivity index (χ1) is 15.3. The minimum absolute atomic E-state index is 0.0997. The average Bonchev–Trinajstić information content (AvgIpc) is 3.18. The van der Waals surface area contributed by atoms with Gasteiger partial charge in [-0.05, 0) is 47.9 Å². The summed E-state index contributed by atoms with van der Waals surface area (Å²) in [4.78, 5) is 27.0. The summed E-state index contributed by atoms with van der Waals surface area (Å²) in [7, 11) is 0. The number of hydrogen-bond donors (Lipinski definition) is 0. The van der Waals surface area contributed by atoms with Crippen molar-refractivity contribution in [3.63, 3.8) is 0 Å². The summed E-state index contributed by atoms with van der Waals surface area (Å²) in [6.07, 6.45) is 0.129. The third-order valence-electron chi connectivity index (χ3n) is 6.28. The zero-order valence-electron chi connectivity index (χ0n) is 18.5. The van der Waals surface area contributed by atoms with Crippen molar-refractivity contribution >= 4 is 29.2 Å². The topological polar surface area (TPSA) is 46.6 Å². The minimum atomic E-state index is -0.513. The van der Waals surface area contributed by atoms with E-state index in [1.54, 1.807) is 11.0 Å². The number of nitrogens with zero attached hydrogens (tertiary/aromatic N) is 1. The summed E-state index contributed by atoms with van der Waals surface area (Å²) >= 11 is 6.20. The summed E-state index contributed by atoms with van der Waals surface area (Å²) in [5.41, 5.74) is 3.74. The molecule has 1 saturated heterocycles. The zero-order valence-corrected chi connectivity index (χ0v) is 19.2. The van der Waals surface area contributed by atoms with E-state index in [1.807, 2.05) is 61.5 Å². The Morgan fingerprint density at radius 3 is 2.31 bits per heavy atom. The number of esters is 1. The summed E-state index contributed by atoms with van der Waals surface area (Å²) in [6.45, 7) is 6.49. The van der Waals surface area contributed by atoms with Crippen molar-refractivity contribution in [3.8, 4) is 5.75 Å². The second-order valence-electron chi connectivity index (χ2n) is 8.73. The zero-order chi connectivity index (χ0) is 22.9. The number of carbonyl (C=O) groups is 2. The molecule has 0 unspecified atom stereocenters. The van der Waals surface area contributed by atoms with Gasteiger partial charge in [0, 0.05) is 29.1 Å². The SMILES string of the molecule is Cc1c(Cl)cccc1N1C[C@H](C(=O)Oc2ccc(C(C)(C)c3ccccc3)cc2)CC1=O. The van der Waals surface area contributed by atoms with Crippen LogP contribution in [0.25, 0.3) is 0 Å². The molecule has 1 aliphatic heterocycles. The maximum absolute atomic E-state index is 12.8. The van der Waals surface area contributed by atoms with Gasteiger partial charge in [-0.1, -0.05) is 74.0 Å². The lowest BCUT2D eigenvalue weighted by Gasteiger charge is -2.26. The highest BCUT2D eigenvalue weighted by atomic mass is 35.5. The Kier molecular flexibility index (Phi) is 6.07. The Balaban J connectivity index is 1.44. The maximum Gasteiger partial charge on any atom is 0.316 e. The number of carbonyl (C=O) groups excluding carboxylic acids is 2. The summed E-state index contributed by atoms with van der Waals surface area (Å²) in [5.74, 6) is -0.526. The van der Waals surface area contributed by atoms with Gasteiger partial charge in [0.1, 0.15) is 5.75 Å². The number of hydrogen-bond acceptors (Lipinski definition) is 3. The normalized spacial score (nSPS) is 16.3. The predicted molar refractivity (Wildman–Crippen MR) is 127 cm³/mol. The van der Waals surface area contributed by atoms with Crippen LogP contribution < -0.4 is 9.64 Å². The average molecular weight is 448 g/mol. The van der Waals surface area contributed by atoms with E-state index < -0.39 is 11.9 Å². The van der Waals surface area contributed by atoms with Gasteiger partial charge in [-0.2, -0.15) is 0 Å². The molecule has 1 fully saturated rings. The fourth-order valence-corrected chi connectivity index (χ4v) is 4.32. The van der Waals surface area contributed by atoms with Crippen LogP contribution in [0.2, 0.25) is 5.02 Å². The molecule has 4 rings (SSSR count). The molecule has 0 N–H and O–H groups in total. The van der Waals surface area contributed by atoms with Gasteiger partial charge in [0.05, 0.1) is 5.92 Å². The molecule has 1 amide bonds. The van der Waals surface area contributed by atoms with Crippen LogP contribution >= 0.6 is 11.6 Å². The standard InChI is InChI=1S/C27H26ClNO3/c1-18-23(28)10-7-11-24(18)29-17-19(16-25(29)30)26(31)32-22-14-12-21(13-15-22)27(2,3)20-8-5-4-6-9-20/h4-15,19H,16-17H2,1-3H3/t19-/m1/s1. The van der Waals surface area contributed by atoms with Crippen LogP contribution in [0.4, 0.5) is 5.69 Å². The van der Waals surface area contributed by atoms with E-state index in [1.165, 1.54) is 5.56 Å². The minimum Gasteiger partial charge on any atom is -0.426 e. The summed E-state index contributed by atoms with van der Waals surface area (Å²) < 4.78 is 5.61. The van der Waals surface area contributed by atoms with E-state index in [9.17, 15) is 9.59 Å². The monoisotopic (exact) mass is 447 g/mol. The molecule has 0 bridgehead atoms. The Morgan fingerprint density at radius 1 is 0.969 bits per heavy atom. The molecule has 0 spiro atoms. The number of rotatable bonds is 5. The van der Waals surface area contributed by atoms with Crippen molar-refractivity contribution in [3.05, 3.63) is 94.5 Å². The quantitative estimate of drug-likeness (QED) is 0.359. The molecule has 1 aliphatic rings. The third-order valence-corrected chi connectivity index (χ3v) is 6.69. The van der Waals surface area contributed by atoms with Crippen molar-refractivity contribution in [2.75, 3.05) is 11.4 Å². The summed E-state index contributed by atoms with van der Waals surface area (Å²) in [5, 5.41) is 0.597. The Morgan fingerprint density at radius 2 is 1.62 bits per heavy atom. The maximum atomic E-state index is 12.8. The van der Waals surface area contributed by atoms with Crippen molar-refractivity contribution < 1.29 is 14.3 Å². The lowest BCUT2D eigenvalue weighted by molar-refractivity contribution is -0.139. The van der Waals surface area contributed by atoms with E-state index in [0.29, 0.717) is 10.8 Å².